The van der Waals surface area contributed by atoms with Gasteiger partial charge < -0.3 is 5.32 Å². The summed E-state index contributed by atoms with van der Waals surface area (Å²) in [6.07, 6.45) is 2.02. The summed E-state index contributed by atoms with van der Waals surface area (Å²) in [4.78, 5) is 13.2. The van der Waals surface area contributed by atoms with Crippen molar-refractivity contribution in [3.63, 3.8) is 0 Å². The summed E-state index contributed by atoms with van der Waals surface area (Å²) in [5.74, 6) is -0.0702. The Morgan fingerprint density at radius 3 is 2.32 bits per heavy atom. The smallest absolute Gasteiger partial charge is 0.255 e. The van der Waals surface area contributed by atoms with Crippen LogP contribution in [0.4, 0.5) is 5.69 Å². The second-order valence-electron chi connectivity index (χ2n) is 4.46. The van der Waals surface area contributed by atoms with E-state index in [0.717, 1.165) is 10.6 Å². The van der Waals surface area contributed by atoms with Gasteiger partial charge in [-0.1, -0.05) is 18.2 Å². The highest BCUT2D eigenvalue weighted by molar-refractivity contribution is 7.98. The zero-order chi connectivity index (χ0) is 13.8. The van der Waals surface area contributed by atoms with Gasteiger partial charge in [0.05, 0.1) is 5.69 Å². The monoisotopic (exact) mass is 271 g/mol. The lowest BCUT2D eigenvalue weighted by molar-refractivity contribution is 0.102. The van der Waals surface area contributed by atoms with Crippen LogP contribution >= 0.6 is 11.8 Å². The van der Waals surface area contributed by atoms with Crippen molar-refractivity contribution in [1.82, 2.24) is 0 Å². The Hall–Kier alpha value is -1.74. The molecule has 0 saturated carbocycles. The normalized spacial score (nSPS) is 10.3. The number of thioether (sulfide) groups is 1. The molecule has 98 valence electrons. The highest BCUT2D eigenvalue weighted by Gasteiger charge is 2.09. The van der Waals surface area contributed by atoms with Crippen LogP contribution in [0.1, 0.15) is 21.5 Å². The second-order valence-corrected chi connectivity index (χ2v) is 5.30. The van der Waals surface area contributed by atoms with E-state index in [1.54, 1.807) is 11.8 Å². The number of carbonyl (C=O) groups is 1. The lowest BCUT2D eigenvalue weighted by Gasteiger charge is -2.12. The molecule has 0 aliphatic carbocycles. The number of aryl methyl sites for hydroxylation is 2. The minimum Gasteiger partial charge on any atom is -0.321 e. The van der Waals surface area contributed by atoms with Crippen LogP contribution in [0.15, 0.2) is 47.4 Å². The number of benzene rings is 2. The molecule has 0 aliphatic rings. The van der Waals surface area contributed by atoms with E-state index >= 15 is 0 Å². The molecular weight excluding hydrogens is 254 g/mol. The van der Waals surface area contributed by atoms with Gasteiger partial charge in [-0.05, 0) is 55.5 Å². The minimum absolute atomic E-state index is 0.0702. The quantitative estimate of drug-likeness (QED) is 0.844. The molecule has 0 aromatic heterocycles. The van der Waals surface area contributed by atoms with Crippen LogP contribution in [0.5, 0.6) is 0 Å². The fourth-order valence-corrected chi connectivity index (χ4v) is 2.46. The summed E-state index contributed by atoms with van der Waals surface area (Å²) >= 11 is 1.64. The first-order chi connectivity index (χ1) is 9.11. The first-order valence-corrected chi connectivity index (χ1v) is 7.36. The van der Waals surface area contributed by atoms with Gasteiger partial charge in [-0.25, -0.2) is 0 Å². The maximum Gasteiger partial charge on any atom is 0.255 e. The SMILES string of the molecule is CSc1cc(C)c(C)cc1NC(=O)c1ccccc1. The second kappa shape index (κ2) is 5.93. The summed E-state index contributed by atoms with van der Waals surface area (Å²) in [5, 5.41) is 2.99. The van der Waals surface area contributed by atoms with Crippen LogP contribution in [0.3, 0.4) is 0 Å². The number of nitrogens with one attached hydrogen (secondary N) is 1. The van der Waals surface area contributed by atoms with E-state index < -0.39 is 0 Å². The molecule has 0 heterocycles. The third kappa shape index (κ3) is 3.18. The topological polar surface area (TPSA) is 29.1 Å². The van der Waals surface area contributed by atoms with Gasteiger partial charge in [0.2, 0.25) is 0 Å². The summed E-state index contributed by atoms with van der Waals surface area (Å²) in [5.41, 5.74) is 3.97. The molecule has 0 saturated heterocycles. The summed E-state index contributed by atoms with van der Waals surface area (Å²) in [6, 6.07) is 13.4. The van der Waals surface area contributed by atoms with Crippen molar-refractivity contribution in [2.24, 2.45) is 0 Å². The predicted octanol–water partition coefficient (Wildman–Crippen LogP) is 4.28. The van der Waals surface area contributed by atoms with E-state index in [2.05, 4.69) is 25.2 Å². The first kappa shape index (κ1) is 13.7. The Balaban J connectivity index is 2.28. The van der Waals surface area contributed by atoms with Gasteiger partial charge in [-0.3, -0.25) is 4.79 Å². The molecule has 19 heavy (non-hydrogen) atoms. The molecule has 0 unspecified atom stereocenters. The number of carbonyl (C=O) groups excluding carboxylic acids is 1. The summed E-state index contributed by atoms with van der Waals surface area (Å²) in [7, 11) is 0. The predicted molar refractivity (Wildman–Crippen MR) is 82.1 cm³/mol. The zero-order valence-corrected chi connectivity index (χ0v) is 12.2. The van der Waals surface area contributed by atoms with Crippen molar-refractivity contribution in [3.8, 4) is 0 Å². The molecule has 3 heteroatoms. The maximum absolute atomic E-state index is 12.2. The van der Waals surface area contributed by atoms with Gasteiger partial charge in [-0.2, -0.15) is 0 Å². The average molecular weight is 271 g/mol. The van der Waals surface area contributed by atoms with Gasteiger partial charge in [0.25, 0.3) is 5.91 Å². The van der Waals surface area contributed by atoms with Crippen LogP contribution in [-0.2, 0) is 0 Å². The third-order valence-electron chi connectivity index (χ3n) is 3.10. The fraction of sp³-hybridized carbons (Fsp3) is 0.188. The van der Waals surface area contributed by atoms with Crippen LogP contribution in [-0.4, -0.2) is 12.2 Å². The number of rotatable bonds is 3. The van der Waals surface area contributed by atoms with Crippen molar-refractivity contribution in [2.45, 2.75) is 18.7 Å². The highest BCUT2D eigenvalue weighted by atomic mass is 32.2. The Kier molecular flexibility index (Phi) is 4.27. The number of hydrogen-bond donors (Lipinski definition) is 1. The van der Waals surface area contributed by atoms with Crippen LogP contribution in [0.2, 0.25) is 0 Å². The minimum atomic E-state index is -0.0702. The van der Waals surface area contributed by atoms with Crippen LogP contribution in [0, 0.1) is 13.8 Å². The molecule has 2 aromatic carbocycles. The van der Waals surface area contributed by atoms with Gasteiger partial charge in [0, 0.05) is 10.5 Å². The lowest BCUT2D eigenvalue weighted by atomic mass is 10.1. The van der Waals surface area contributed by atoms with E-state index in [1.165, 1.54) is 11.1 Å². The third-order valence-corrected chi connectivity index (χ3v) is 3.88. The zero-order valence-electron chi connectivity index (χ0n) is 11.4. The molecule has 1 amide bonds. The molecule has 2 rings (SSSR count). The Bertz CT molecular complexity index is 593. The molecule has 2 nitrogen and oxygen atoms in total. The summed E-state index contributed by atoms with van der Waals surface area (Å²) in [6.45, 7) is 4.13. The first-order valence-electron chi connectivity index (χ1n) is 6.13. The van der Waals surface area contributed by atoms with E-state index in [4.69, 9.17) is 0 Å². The van der Waals surface area contributed by atoms with E-state index in [-0.39, 0.29) is 5.91 Å². The molecule has 0 radical (unpaired) electrons. The van der Waals surface area contributed by atoms with Crippen molar-refractivity contribution < 1.29 is 4.79 Å². The summed E-state index contributed by atoms with van der Waals surface area (Å²) < 4.78 is 0. The van der Waals surface area contributed by atoms with Crippen LogP contribution in [0.25, 0.3) is 0 Å². The fourth-order valence-electron chi connectivity index (χ4n) is 1.84. The van der Waals surface area contributed by atoms with E-state index in [9.17, 15) is 4.79 Å². The van der Waals surface area contributed by atoms with Crippen molar-refractivity contribution in [2.75, 3.05) is 11.6 Å². The highest BCUT2D eigenvalue weighted by Crippen LogP contribution is 2.29. The largest absolute Gasteiger partial charge is 0.321 e. The van der Waals surface area contributed by atoms with E-state index in [1.807, 2.05) is 42.7 Å². The van der Waals surface area contributed by atoms with Crippen molar-refractivity contribution in [1.29, 1.82) is 0 Å². The molecule has 0 bridgehead atoms. The standard InChI is InChI=1S/C16H17NOS/c1-11-9-14(15(19-3)10-12(11)2)17-16(18)13-7-5-4-6-8-13/h4-10H,1-3H3,(H,17,18). The Morgan fingerprint density at radius 2 is 1.68 bits per heavy atom. The number of anilines is 1. The van der Waals surface area contributed by atoms with Crippen LogP contribution < -0.4 is 5.32 Å². The molecule has 0 atom stereocenters. The lowest BCUT2D eigenvalue weighted by Crippen LogP contribution is -2.12. The molecule has 0 fully saturated rings. The van der Waals surface area contributed by atoms with Gasteiger partial charge in [0.1, 0.15) is 0 Å². The average Bonchev–Trinajstić information content (AvgIpc) is 2.43. The van der Waals surface area contributed by atoms with Crippen molar-refractivity contribution in [3.05, 3.63) is 59.2 Å². The van der Waals surface area contributed by atoms with Crippen molar-refractivity contribution >= 4 is 23.4 Å². The maximum atomic E-state index is 12.2. The van der Waals surface area contributed by atoms with Gasteiger partial charge in [-0.15, -0.1) is 11.8 Å². The number of hydrogen-bond acceptors (Lipinski definition) is 2. The Labute approximate surface area is 118 Å². The molecular formula is C16H17NOS. The van der Waals surface area contributed by atoms with Gasteiger partial charge >= 0.3 is 0 Å². The molecule has 0 spiro atoms. The number of amides is 1. The van der Waals surface area contributed by atoms with E-state index in [0.29, 0.717) is 5.56 Å². The molecule has 0 aliphatic heterocycles. The van der Waals surface area contributed by atoms with Gasteiger partial charge in [0.15, 0.2) is 0 Å². The molecule has 1 N–H and O–H groups in total. The molecule has 2 aromatic rings. The Morgan fingerprint density at radius 1 is 1.05 bits per heavy atom.